The number of hydrogen-bond donors (Lipinski definition) is 2. The molecule has 0 aromatic heterocycles. The van der Waals surface area contributed by atoms with Crippen LogP contribution in [0.5, 0.6) is 0 Å². The number of nitrogens with zero attached hydrogens (tertiary/aromatic N) is 1. The summed E-state index contributed by atoms with van der Waals surface area (Å²) in [5.41, 5.74) is 1.02. The van der Waals surface area contributed by atoms with Crippen LogP contribution in [-0.2, 0) is 16.4 Å². The summed E-state index contributed by atoms with van der Waals surface area (Å²) in [7, 11) is -3.11. The third-order valence-electron chi connectivity index (χ3n) is 2.72. The number of aliphatic imine (C=N–C) groups is 1. The van der Waals surface area contributed by atoms with Gasteiger partial charge in [-0.2, -0.15) is 0 Å². The summed E-state index contributed by atoms with van der Waals surface area (Å²) < 4.78 is 22.6. The van der Waals surface area contributed by atoms with Gasteiger partial charge in [0.2, 0.25) is 0 Å². The summed E-state index contributed by atoms with van der Waals surface area (Å²) in [5.74, 6) is 0.801. The van der Waals surface area contributed by atoms with Gasteiger partial charge in [0, 0.05) is 18.8 Å². The van der Waals surface area contributed by atoms with Gasteiger partial charge in [0.15, 0.2) is 15.8 Å². The molecule has 0 saturated carbocycles. The van der Waals surface area contributed by atoms with Crippen LogP contribution in [0, 0.1) is 0 Å². The molecule has 0 fully saturated rings. The molecule has 2 N–H and O–H groups in total. The first kappa shape index (κ1) is 12.9. The Morgan fingerprint density at radius 1 is 1.39 bits per heavy atom. The first-order valence-corrected chi connectivity index (χ1v) is 7.68. The van der Waals surface area contributed by atoms with Crippen molar-refractivity contribution in [2.75, 3.05) is 12.8 Å². The monoisotopic (exact) mass is 267 g/mol. The lowest BCUT2D eigenvalue weighted by Crippen LogP contribution is -2.37. The molecule has 0 aliphatic carbocycles. The maximum absolute atomic E-state index is 11.3. The Kier molecular flexibility index (Phi) is 3.56. The van der Waals surface area contributed by atoms with Crippen molar-refractivity contribution in [1.29, 1.82) is 0 Å². The molecular weight excluding hydrogens is 250 g/mol. The van der Waals surface area contributed by atoms with E-state index in [0.717, 1.165) is 18.1 Å². The zero-order chi connectivity index (χ0) is 13.2. The number of sulfone groups is 1. The molecule has 18 heavy (non-hydrogen) atoms. The third kappa shape index (κ3) is 3.22. The standard InChI is InChI=1S/C12H17N3O2S/c1-9-7-13-12(15-9)14-8-10-3-5-11(6-4-10)18(2,16)17/h3-6,9H,7-8H2,1-2H3,(H2,13,14,15). The highest BCUT2D eigenvalue weighted by Crippen LogP contribution is 2.10. The predicted octanol–water partition coefficient (Wildman–Crippen LogP) is 0.527. The van der Waals surface area contributed by atoms with Gasteiger partial charge in [-0.05, 0) is 24.6 Å². The van der Waals surface area contributed by atoms with Crippen molar-refractivity contribution in [3.63, 3.8) is 0 Å². The van der Waals surface area contributed by atoms with Crippen molar-refractivity contribution < 1.29 is 8.42 Å². The number of hydrogen-bond acceptors (Lipinski definition) is 5. The molecule has 1 aliphatic heterocycles. The fourth-order valence-electron chi connectivity index (χ4n) is 1.70. The van der Waals surface area contributed by atoms with Gasteiger partial charge >= 0.3 is 0 Å². The van der Waals surface area contributed by atoms with Crippen LogP contribution in [0.15, 0.2) is 34.2 Å². The zero-order valence-electron chi connectivity index (χ0n) is 10.5. The number of benzene rings is 1. The van der Waals surface area contributed by atoms with Crippen LogP contribution in [0.4, 0.5) is 0 Å². The van der Waals surface area contributed by atoms with E-state index in [4.69, 9.17) is 0 Å². The minimum absolute atomic E-state index is 0.344. The van der Waals surface area contributed by atoms with E-state index >= 15 is 0 Å². The first-order valence-electron chi connectivity index (χ1n) is 5.79. The van der Waals surface area contributed by atoms with Crippen LogP contribution in [0.1, 0.15) is 12.5 Å². The molecule has 5 nitrogen and oxygen atoms in total. The van der Waals surface area contributed by atoms with Gasteiger partial charge in [-0.15, -0.1) is 0 Å². The Hall–Kier alpha value is -1.56. The SMILES string of the molecule is CC1CN=C(NCc2ccc(S(C)(=O)=O)cc2)N1. The van der Waals surface area contributed by atoms with E-state index in [0.29, 0.717) is 17.5 Å². The fraction of sp³-hybridized carbons (Fsp3) is 0.417. The average molecular weight is 267 g/mol. The molecule has 0 radical (unpaired) electrons. The summed E-state index contributed by atoms with van der Waals surface area (Å²) >= 11 is 0. The molecule has 1 aromatic rings. The van der Waals surface area contributed by atoms with Gasteiger partial charge in [0.1, 0.15) is 0 Å². The summed E-state index contributed by atoms with van der Waals surface area (Å²) in [6.07, 6.45) is 1.21. The van der Waals surface area contributed by atoms with Gasteiger partial charge in [0.05, 0.1) is 11.4 Å². The molecule has 98 valence electrons. The normalized spacial score (nSPS) is 19.2. The van der Waals surface area contributed by atoms with Gasteiger partial charge in [-0.3, -0.25) is 4.99 Å². The Bertz CT molecular complexity index is 549. The van der Waals surface area contributed by atoms with E-state index < -0.39 is 9.84 Å². The quantitative estimate of drug-likeness (QED) is 0.838. The fourth-order valence-corrected chi connectivity index (χ4v) is 2.33. The van der Waals surface area contributed by atoms with E-state index in [2.05, 4.69) is 22.5 Å². The van der Waals surface area contributed by atoms with Crippen LogP contribution in [0.2, 0.25) is 0 Å². The summed E-state index contributed by atoms with van der Waals surface area (Å²) in [4.78, 5) is 4.63. The van der Waals surface area contributed by atoms with E-state index in [1.54, 1.807) is 12.1 Å². The van der Waals surface area contributed by atoms with Crippen LogP contribution in [0.3, 0.4) is 0 Å². The molecule has 1 atom stereocenters. The minimum atomic E-state index is -3.11. The zero-order valence-corrected chi connectivity index (χ0v) is 11.3. The highest BCUT2D eigenvalue weighted by atomic mass is 32.2. The van der Waals surface area contributed by atoms with Gasteiger partial charge in [0.25, 0.3) is 0 Å². The molecule has 1 aliphatic rings. The van der Waals surface area contributed by atoms with Crippen LogP contribution in [-0.4, -0.2) is 33.2 Å². The maximum atomic E-state index is 11.3. The summed E-state index contributed by atoms with van der Waals surface area (Å²) in [6, 6.07) is 7.24. The van der Waals surface area contributed by atoms with Crippen molar-refractivity contribution in [2.45, 2.75) is 24.4 Å². The maximum Gasteiger partial charge on any atom is 0.191 e. The smallest absolute Gasteiger partial charge is 0.191 e. The molecule has 2 rings (SSSR count). The highest BCUT2D eigenvalue weighted by Gasteiger charge is 2.11. The Labute approximate surface area is 107 Å². The molecule has 1 aromatic carbocycles. The van der Waals surface area contributed by atoms with Crippen molar-refractivity contribution in [3.8, 4) is 0 Å². The number of guanidine groups is 1. The van der Waals surface area contributed by atoms with Crippen molar-refractivity contribution in [1.82, 2.24) is 10.6 Å². The molecule has 0 amide bonds. The molecular formula is C12H17N3O2S. The average Bonchev–Trinajstić information content (AvgIpc) is 2.72. The lowest BCUT2D eigenvalue weighted by molar-refractivity contribution is 0.602. The molecule has 1 heterocycles. The second-order valence-corrected chi connectivity index (χ2v) is 6.52. The van der Waals surface area contributed by atoms with Gasteiger partial charge in [-0.25, -0.2) is 8.42 Å². The minimum Gasteiger partial charge on any atom is -0.352 e. The Morgan fingerprint density at radius 2 is 2.06 bits per heavy atom. The topological polar surface area (TPSA) is 70.6 Å². The second kappa shape index (κ2) is 4.97. The van der Waals surface area contributed by atoms with Crippen LogP contribution in [0.25, 0.3) is 0 Å². The molecule has 0 saturated heterocycles. The lowest BCUT2D eigenvalue weighted by atomic mass is 10.2. The Balaban J connectivity index is 1.95. The first-order chi connectivity index (χ1) is 8.45. The number of nitrogens with one attached hydrogen (secondary N) is 2. The number of rotatable bonds is 3. The van der Waals surface area contributed by atoms with Crippen molar-refractivity contribution in [2.24, 2.45) is 4.99 Å². The van der Waals surface area contributed by atoms with E-state index in [9.17, 15) is 8.42 Å². The molecule has 6 heteroatoms. The van der Waals surface area contributed by atoms with Gasteiger partial charge < -0.3 is 10.6 Å². The summed E-state index contributed by atoms with van der Waals surface area (Å²) in [5, 5.41) is 6.38. The van der Waals surface area contributed by atoms with E-state index in [1.807, 2.05) is 12.1 Å². The van der Waals surface area contributed by atoms with Crippen LogP contribution >= 0.6 is 0 Å². The molecule has 1 unspecified atom stereocenters. The van der Waals surface area contributed by atoms with Crippen LogP contribution < -0.4 is 10.6 Å². The Morgan fingerprint density at radius 3 is 2.56 bits per heavy atom. The van der Waals surface area contributed by atoms with E-state index in [-0.39, 0.29) is 0 Å². The predicted molar refractivity (Wildman–Crippen MR) is 71.3 cm³/mol. The summed E-state index contributed by atoms with van der Waals surface area (Å²) in [6.45, 7) is 3.48. The molecule has 0 bridgehead atoms. The van der Waals surface area contributed by atoms with E-state index in [1.165, 1.54) is 6.26 Å². The van der Waals surface area contributed by atoms with Crippen molar-refractivity contribution in [3.05, 3.63) is 29.8 Å². The lowest BCUT2D eigenvalue weighted by Gasteiger charge is -2.09. The highest BCUT2D eigenvalue weighted by molar-refractivity contribution is 7.90. The third-order valence-corrected chi connectivity index (χ3v) is 3.85. The van der Waals surface area contributed by atoms with Crippen molar-refractivity contribution >= 4 is 15.8 Å². The van der Waals surface area contributed by atoms with Gasteiger partial charge in [-0.1, -0.05) is 12.1 Å². The molecule has 0 spiro atoms. The second-order valence-electron chi connectivity index (χ2n) is 4.50. The largest absolute Gasteiger partial charge is 0.352 e.